The lowest BCUT2D eigenvalue weighted by molar-refractivity contribution is -0.0436. The van der Waals surface area contributed by atoms with Gasteiger partial charge >= 0.3 is 0 Å². The van der Waals surface area contributed by atoms with Crippen molar-refractivity contribution < 1.29 is 19.0 Å². The van der Waals surface area contributed by atoms with Crippen molar-refractivity contribution in [3.63, 3.8) is 0 Å². The highest BCUT2D eigenvalue weighted by Gasteiger charge is 2.33. The lowest BCUT2D eigenvalue weighted by atomic mass is 9.80. The summed E-state index contributed by atoms with van der Waals surface area (Å²) in [5, 5.41) is 10.4. The molecule has 0 aliphatic heterocycles. The zero-order chi connectivity index (χ0) is 13.9. The summed E-state index contributed by atoms with van der Waals surface area (Å²) in [6, 6.07) is 4.54. The van der Waals surface area contributed by atoms with Crippen molar-refractivity contribution in [2.45, 2.75) is 38.2 Å². The maximum absolute atomic E-state index is 13.7. The number of hydrogen-bond donors (Lipinski definition) is 1. The average Bonchev–Trinajstić information content (AvgIpc) is 2.41. The molecule has 106 valence electrons. The molecule has 1 aromatic rings. The molecular formula is C15H21FO3. The molecule has 0 heterocycles. The molecule has 0 unspecified atom stereocenters. The molecule has 3 nitrogen and oxygen atoms in total. The summed E-state index contributed by atoms with van der Waals surface area (Å²) in [7, 11) is 1.47. The van der Waals surface area contributed by atoms with Crippen LogP contribution in [-0.2, 0) is 0 Å². The van der Waals surface area contributed by atoms with Gasteiger partial charge in [-0.05, 0) is 43.7 Å². The first-order valence-electron chi connectivity index (χ1n) is 6.72. The van der Waals surface area contributed by atoms with Gasteiger partial charge in [-0.1, -0.05) is 13.0 Å². The molecule has 4 heteroatoms. The van der Waals surface area contributed by atoms with Gasteiger partial charge in [-0.25, -0.2) is 4.39 Å². The van der Waals surface area contributed by atoms with Gasteiger partial charge < -0.3 is 14.6 Å². The quantitative estimate of drug-likeness (QED) is 0.911. The maximum Gasteiger partial charge on any atom is 0.197 e. The fourth-order valence-electron chi connectivity index (χ4n) is 2.44. The molecule has 0 aromatic heterocycles. The van der Waals surface area contributed by atoms with Crippen LogP contribution in [0, 0.1) is 11.7 Å². The van der Waals surface area contributed by atoms with Gasteiger partial charge in [0, 0.05) is 0 Å². The number of para-hydroxylation sites is 1. The van der Waals surface area contributed by atoms with Crippen molar-refractivity contribution in [1.29, 1.82) is 0 Å². The normalized spacial score (nSPS) is 27.1. The summed E-state index contributed by atoms with van der Waals surface area (Å²) in [4.78, 5) is 0. The van der Waals surface area contributed by atoms with Crippen LogP contribution in [0.15, 0.2) is 18.2 Å². The Morgan fingerprint density at radius 3 is 2.68 bits per heavy atom. The van der Waals surface area contributed by atoms with Gasteiger partial charge in [0.15, 0.2) is 17.3 Å². The zero-order valence-electron chi connectivity index (χ0n) is 11.5. The van der Waals surface area contributed by atoms with Gasteiger partial charge in [-0.3, -0.25) is 0 Å². The Hall–Kier alpha value is -1.29. The topological polar surface area (TPSA) is 38.7 Å². The number of ether oxygens (including phenoxy) is 2. The van der Waals surface area contributed by atoms with Crippen LogP contribution in [0.4, 0.5) is 4.39 Å². The predicted molar refractivity (Wildman–Crippen MR) is 71.0 cm³/mol. The van der Waals surface area contributed by atoms with Crippen LogP contribution in [0.1, 0.15) is 32.6 Å². The van der Waals surface area contributed by atoms with Gasteiger partial charge in [0.2, 0.25) is 0 Å². The van der Waals surface area contributed by atoms with Crippen LogP contribution >= 0.6 is 0 Å². The van der Waals surface area contributed by atoms with Crippen molar-refractivity contribution in [3.8, 4) is 11.5 Å². The van der Waals surface area contributed by atoms with Crippen LogP contribution in [-0.4, -0.2) is 24.4 Å². The van der Waals surface area contributed by atoms with E-state index in [2.05, 4.69) is 6.92 Å². The molecule has 1 N–H and O–H groups in total. The molecule has 0 saturated heterocycles. The van der Waals surface area contributed by atoms with Gasteiger partial charge in [-0.15, -0.1) is 0 Å². The number of benzene rings is 1. The smallest absolute Gasteiger partial charge is 0.197 e. The van der Waals surface area contributed by atoms with E-state index in [0.29, 0.717) is 24.5 Å². The highest BCUT2D eigenvalue weighted by atomic mass is 19.1. The van der Waals surface area contributed by atoms with Crippen molar-refractivity contribution in [2.75, 3.05) is 13.7 Å². The molecule has 0 amide bonds. The van der Waals surface area contributed by atoms with Crippen molar-refractivity contribution >= 4 is 0 Å². The van der Waals surface area contributed by atoms with E-state index in [1.807, 2.05) is 0 Å². The molecule has 0 atom stereocenters. The molecule has 19 heavy (non-hydrogen) atoms. The molecule has 0 radical (unpaired) electrons. The minimum Gasteiger partial charge on any atom is -0.493 e. The molecular weight excluding hydrogens is 247 g/mol. The molecule has 1 aliphatic rings. The highest BCUT2D eigenvalue weighted by Crippen LogP contribution is 2.35. The Bertz CT molecular complexity index is 425. The van der Waals surface area contributed by atoms with Gasteiger partial charge in [0.05, 0.1) is 12.7 Å². The summed E-state index contributed by atoms with van der Waals surface area (Å²) in [6.07, 6.45) is 3.36. The first-order chi connectivity index (χ1) is 9.04. The molecule has 1 aliphatic carbocycles. The third-order valence-electron chi connectivity index (χ3n) is 3.84. The van der Waals surface area contributed by atoms with Gasteiger partial charge in [0.1, 0.15) is 6.61 Å². The Labute approximate surface area is 113 Å². The third kappa shape index (κ3) is 3.38. The van der Waals surface area contributed by atoms with E-state index in [1.165, 1.54) is 13.2 Å². The second-order valence-electron chi connectivity index (χ2n) is 5.47. The average molecular weight is 268 g/mol. The van der Waals surface area contributed by atoms with Crippen LogP contribution in [0.5, 0.6) is 11.5 Å². The van der Waals surface area contributed by atoms with Crippen LogP contribution < -0.4 is 9.47 Å². The zero-order valence-corrected chi connectivity index (χ0v) is 11.5. The van der Waals surface area contributed by atoms with E-state index in [1.54, 1.807) is 12.1 Å². The monoisotopic (exact) mass is 268 g/mol. The Balaban J connectivity index is 2.02. The molecule has 2 rings (SSSR count). The SMILES string of the molecule is COc1cccc(F)c1OCC1(O)CCC(C)CC1. The predicted octanol–water partition coefficient (Wildman–Crippen LogP) is 3.15. The summed E-state index contributed by atoms with van der Waals surface area (Å²) < 4.78 is 24.2. The minimum absolute atomic E-state index is 0.0806. The van der Waals surface area contributed by atoms with Crippen molar-refractivity contribution in [2.24, 2.45) is 5.92 Å². The summed E-state index contributed by atoms with van der Waals surface area (Å²) >= 11 is 0. The van der Waals surface area contributed by atoms with Crippen LogP contribution in [0.25, 0.3) is 0 Å². The summed E-state index contributed by atoms with van der Waals surface area (Å²) in [6.45, 7) is 2.29. The van der Waals surface area contributed by atoms with E-state index in [4.69, 9.17) is 9.47 Å². The lowest BCUT2D eigenvalue weighted by Gasteiger charge is -2.34. The van der Waals surface area contributed by atoms with E-state index in [0.717, 1.165) is 12.8 Å². The van der Waals surface area contributed by atoms with Crippen LogP contribution in [0.2, 0.25) is 0 Å². The molecule has 1 saturated carbocycles. The van der Waals surface area contributed by atoms with E-state index >= 15 is 0 Å². The van der Waals surface area contributed by atoms with Gasteiger partial charge in [0.25, 0.3) is 0 Å². The maximum atomic E-state index is 13.7. The second kappa shape index (κ2) is 5.78. The summed E-state index contributed by atoms with van der Waals surface area (Å²) in [5.74, 6) is 0.611. The molecule has 0 bridgehead atoms. The highest BCUT2D eigenvalue weighted by molar-refractivity contribution is 5.40. The third-order valence-corrected chi connectivity index (χ3v) is 3.84. The molecule has 1 aromatic carbocycles. The van der Waals surface area contributed by atoms with E-state index in [-0.39, 0.29) is 12.4 Å². The lowest BCUT2D eigenvalue weighted by Crippen LogP contribution is -2.39. The summed E-state index contributed by atoms with van der Waals surface area (Å²) in [5.41, 5.74) is -0.847. The van der Waals surface area contributed by atoms with Gasteiger partial charge in [-0.2, -0.15) is 0 Å². The number of rotatable bonds is 4. The number of aliphatic hydroxyl groups is 1. The number of methoxy groups -OCH3 is 1. The Morgan fingerprint density at radius 1 is 1.37 bits per heavy atom. The number of hydrogen-bond acceptors (Lipinski definition) is 3. The van der Waals surface area contributed by atoms with Crippen molar-refractivity contribution in [3.05, 3.63) is 24.0 Å². The minimum atomic E-state index is -0.847. The molecule has 0 spiro atoms. The van der Waals surface area contributed by atoms with E-state index in [9.17, 15) is 9.50 Å². The standard InChI is InChI=1S/C15H21FO3/c1-11-6-8-15(17,9-7-11)10-19-14-12(16)4-3-5-13(14)18-2/h3-5,11,17H,6-10H2,1-2H3. The van der Waals surface area contributed by atoms with E-state index < -0.39 is 11.4 Å². The second-order valence-corrected chi connectivity index (χ2v) is 5.47. The fourth-order valence-corrected chi connectivity index (χ4v) is 2.44. The Morgan fingerprint density at radius 2 is 2.05 bits per heavy atom. The fraction of sp³-hybridized carbons (Fsp3) is 0.600. The first-order valence-corrected chi connectivity index (χ1v) is 6.72. The molecule has 1 fully saturated rings. The largest absolute Gasteiger partial charge is 0.493 e. The Kier molecular flexibility index (Phi) is 4.30. The first kappa shape index (κ1) is 14.1. The van der Waals surface area contributed by atoms with Crippen molar-refractivity contribution in [1.82, 2.24) is 0 Å². The number of halogens is 1. The van der Waals surface area contributed by atoms with Crippen LogP contribution in [0.3, 0.4) is 0 Å².